The number of rotatable bonds is 4. The van der Waals surface area contributed by atoms with Gasteiger partial charge in [0.15, 0.2) is 0 Å². The molecular weight excluding hydrogens is 196 g/mol. The molecule has 2 amide bonds. The van der Waals surface area contributed by atoms with Gasteiger partial charge in [-0.25, -0.2) is 0 Å². The van der Waals surface area contributed by atoms with E-state index in [1.165, 1.54) is 12.3 Å². The molecule has 0 fully saturated rings. The van der Waals surface area contributed by atoms with Gasteiger partial charge in [-0.1, -0.05) is 0 Å². The third-order valence-electron chi connectivity index (χ3n) is 1.87. The summed E-state index contributed by atoms with van der Waals surface area (Å²) < 4.78 is 0. The third kappa shape index (κ3) is 3.34. The van der Waals surface area contributed by atoms with Crippen molar-refractivity contribution < 1.29 is 9.59 Å². The molecule has 0 spiro atoms. The number of hydrogen-bond acceptors (Lipinski definition) is 3. The maximum atomic E-state index is 11.4. The summed E-state index contributed by atoms with van der Waals surface area (Å²) in [4.78, 5) is 25.0. The van der Waals surface area contributed by atoms with E-state index in [1.807, 2.05) is 0 Å². The van der Waals surface area contributed by atoms with Crippen LogP contribution in [0.15, 0.2) is 12.3 Å². The van der Waals surface area contributed by atoms with Crippen LogP contribution in [0.3, 0.4) is 0 Å². The third-order valence-corrected chi connectivity index (χ3v) is 1.87. The highest BCUT2D eigenvalue weighted by molar-refractivity contribution is 5.93. The van der Waals surface area contributed by atoms with Gasteiger partial charge in [-0.2, -0.15) is 0 Å². The van der Waals surface area contributed by atoms with Crippen molar-refractivity contribution in [1.82, 2.24) is 15.6 Å². The lowest BCUT2D eigenvalue weighted by Gasteiger charge is -2.02. The number of amides is 2. The second-order valence-corrected chi connectivity index (χ2v) is 3.03. The zero-order valence-electron chi connectivity index (χ0n) is 8.46. The van der Waals surface area contributed by atoms with E-state index in [1.54, 1.807) is 7.05 Å². The van der Waals surface area contributed by atoms with Gasteiger partial charge in [0.1, 0.15) is 5.69 Å². The smallest absolute Gasteiger partial charge is 0.267 e. The Labute approximate surface area is 87.2 Å². The standard InChI is InChI=1S/C9H14N4O2/c1-11-8(14)2-3-12-9(15)7-4-6(10)5-13-7/h4-5,13H,2-3,10H2,1H3,(H,11,14)(H,12,15). The number of carbonyl (C=O) groups excluding carboxylic acids is 2. The minimum Gasteiger partial charge on any atom is -0.397 e. The first-order chi connectivity index (χ1) is 7.13. The van der Waals surface area contributed by atoms with Gasteiger partial charge in [0.2, 0.25) is 5.91 Å². The van der Waals surface area contributed by atoms with E-state index >= 15 is 0 Å². The van der Waals surface area contributed by atoms with Crippen LogP contribution in [0.4, 0.5) is 5.69 Å². The van der Waals surface area contributed by atoms with Crippen LogP contribution >= 0.6 is 0 Å². The van der Waals surface area contributed by atoms with E-state index in [0.717, 1.165) is 0 Å². The molecule has 1 aromatic rings. The molecule has 0 saturated heterocycles. The molecule has 0 aromatic carbocycles. The molecule has 1 rings (SSSR count). The van der Waals surface area contributed by atoms with Crippen LogP contribution in [0.1, 0.15) is 16.9 Å². The minimum absolute atomic E-state index is 0.110. The van der Waals surface area contributed by atoms with Crippen molar-refractivity contribution in [1.29, 1.82) is 0 Å². The number of nitrogen functional groups attached to an aromatic ring is 1. The van der Waals surface area contributed by atoms with Crippen molar-refractivity contribution in [2.45, 2.75) is 6.42 Å². The number of nitrogens with two attached hydrogens (primary N) is 1. The fourth-order valence-corrected chi connectivity index (χ4v) is 1.05. The van der Waals surface area contributed by atoms with Gasteiger partial charge in [-0.05, 0) is 6.07 Å². The molecule has 0 aliphatic heterocycles. The lowest BCUT2D eigenvalue weighted by atomic mass is 10.3. The maximum absolute atomic E-state index is 11.4. The average molecular weight is 210 g/mol. The Morgan fingerprint density at radius 1 is 1.53 bits per heavy atom. The van der Waals surface area contributed by atoms with Gasteiger partial charge in [0.05, 0.1) is 0 Å². The van der Waals surface area contributed by atoms with Gasteiger partial charge in [0.25, 0.3) is 5.91 Å². The zero-order chi connectivity index (χ0) is 11.3. The van der Waals surface area contributed by atoms with E-state index < -0.39 is 0 Å². The summed E-state index contributed by atoms with van der Waals surface area (Å²) in [5.41, 5.74) is 6.34. The Morgan fingerprint density at radius 3 is 2.80 bits per heavy atom. The van der Waals surface area contributed by atoms with Crippen LogP contribution in [0, 0.1) is 0 Å². The van der Waals surface area contributed by atoms with Crippen molar-refractivity contribution in [2.24, 2.45) is 0 Å². The summed E-state index contributed by atoms with van der Waals surface area (Å²) in [5.74, 6) is -0.378. The number of anilines is 1. The molecule has 0 bridgehead atoms. The average Bonchev–Trinajstić information content (AvgIpc) is 2.64. The Morgan fingerprint density at radius 2 is 2.27 bits per heavy atom. The maximum Gasteiger partial charge on any atom is 0.267 e. The Kier molecular flexibility index (Phi) is 3.73. The van der Waals surface area contributed by atoms with E-state index in [4.69, 9.17) is 5.73 Å². The summed E-state index contributed by atoms with van der Waals surface area (Å²) in [5, 5.41) is 5.06. The monoisotopic (exact) mass is 210 g/mol. The predicted molar refractivity (Wildman–Crippen MR) is 56.2 cm³/mol. The van der Waals surface area contributed by atoms with Gasteiger partial charge < -0.3 is 21.4 Å². The van der Waals surface area contributed by atoms with Crippen LogP contribution in [-0.4, -0.2) is 30.4 Å². The molecule has 15 heavy (non-hydrogen) atoms. The largest absolute Gasteiger partial charge is 0.397 e. The normalized spacial score (nSPS) is 9.67. The second kappa shape index (κ2) is 5.04. The highest BCUT2D eigenvalue weighted by atomic mass is 16.2. The van der Waals surface area contributed by atoms with Crippen LogP contribution in [0.25, 0.3) is 0 Å². The quantitative estimate of drug-likeness (QED) is 0.537. The Hall–Kier alpha value is -1.98. The molecule has 6 nitrogen and oxygen atoms in total. The molecule has 1 aromatic heterocycles. The SMILES string of the molecule is CNC(=O)CCNC(=O)c1cc(N)c[nH]1. The van der Waals surface area contributed by atoms with Gasteiger partial charge in [0, 0.05) is 31.9 Å². The van der Waals surface area contributed by atoms with Crippen LogP contribution in [0.5, 0.6) is 0 Å². The number of aromatic nitrogens is 1. The first-order valence-corrected chi connectivity index (χ1v) is 4.56. The molecule has 82 valence electrons. The van der Waals surface area contributed by atoms with Crippen molar-refractivity contribution in [2.75, 3.05) is 19.3 Å². The highest BCUT2D eigenvalue weighted by Gasteiger charge is 2.07. The van der Waals surface area contributed by atoms with Crippen molar-refractivity contribution in [3.05, 3.63) is 18.0 Å². The summed E-state index contributed by atoms with van der Waals surface area (Å²) in [6.45, 7) is 0.303. The topological polar surface area (TPSA) is 100 Å². The van der Waals surface area contributed by atoms with Crippen molar-refractivity contribution >= 4 is 17.5 Å². The van der Waals surface area contributed by atoms with Gasteiger partial charge >= 0.3 is 0 Å². The summed E-state index contributed by atoms with van der Waals surface area (Å²) in [7, 11) is 1.55. The van der Waals surface area contributed by atoms with Gasteiger partial charge in [-0.15, -0.1) is 0 Å². The minimum atomic E-state index is -0.268. The zero-order valence-corrected chi connectivity index (χ0v) is 8.46. The summed E-state index contributed by atoms with van der Waals surface area (Å²) in [6, 6.07) is 1.54. The van der Waals surface area contributed by atoms with E-state index in [0.29, 0.717) is 17.9 Å². The van der Waals surface area contributed by atoms with E-state index in [-0.39, 0.29) is 18.2 Å². The Balaban J connectivity index is 2.34. The van der Waals surface area contributed by atoms with Crippen molar-refractivity contribution in [3.8, 4) is 0 Å². The number of H-pyrrole nitrogens is 1. The van der Waals surface area contributed by atoms with Crippen LogP contribution < -0.4 is 16.4 Å². The Bertz CT molecular complexity index is 359. The van der Waals surface area contributed by atoms with Crippen molar-refractivity contribution in [3.63, 3.8) is 0 Å². The van der Waals surface area contributed by atoms with E-state index in [2.05, 4.69) is 15.6 Å². The fraction of sp³-hybridized carbons (Fsp3) is 0.333. The highest BCUT2D eigenvalue weighted by Crippen LogP contribution is 2.03. The number of nitrogens with one attached hydrogen (secondary N) is 3. The molecule has 0 saturated carbocycles. The fourth-order valence-electron chi connectivity index (χ4n) is 1.05. The lowest BCUT2D eigenvalue weighted by Crippen LogP contribution is -2.29. The summed E-state index contributed by atoms with van der Waals surface area (Å²) in [6.07, 6.45) is 1.80. The number of aromatic amines is 1. The molecule has 1 heterocycles. The number of carbonyl (C=O) groups is 2. The second-order valence-electron chi connectivity index (χ2n) is 3.03. The van der Waals surface area contributed by atoms with Crippen LogP contribution in [0.2, 0.25) is 0 Å². The molecule has 0 aliphatic carbocycles. The van der Waals surface area contributed by atoms with Crippen LogP contribution in [-0.2, 0) is 4.79 Å². The summed E-state index contributed by atoms with van der Waals surface area (Å²) >= 11 is 0. The van der Waals surface area contributed by atoms with Gasteiger partial charge in [-0.3, -0.25) is 9.59 Å². The molecule has 5 N–H and O–H groups in total. The van der Waals surface area contributed by atoms with E-state index in [9.17, 15) is 9.59 Å². The molecule has 0 aliphatic rings. The molecular formula is C9H14N4O2. The molecule has 0 unspecified atom stereocenters. The molecule has 6 heteroatoms. The number of hydrogen-bond donors (Lipinski definition) is 4. The first-order valence-electron chi connectivity index (χ1n) is 4.56. The lowest BCUT2D eigenvalue weighted by molar-refractivity contribution is -0.120. The molecule has 0 radical (unpaired) electrons. The predicted octanol–water partition coefficient (Wildman–Crippen LogP) is -0.537. The molecule has 0 atom stereocenters. The first kappa shape index (κ1) is 11.1.